The number of halogens is 2. The van der Waals surface area contributed by atoms with Crippen LogP contribution in [-0.4, -0.2) is 13.1 Å². The van der Waals surface area contributed by atoms with E-state index in [0.29, 0.717) is 5.02 Å². The molecular weight excluding hydrogens is 273 g/mol. The Hall–Kier alpha value is -0.600. The van der Waals surface area contributed by atoms with Crippen LogP contribution >= 0.6 is 11.6 Å². The lowest BCUT2D eigenvalue weighted by atomic mass is 9.69. The molecule has 20 heavy (non-hydrogen) atoms. The van der Waals surface area contributed by atoms with Gasteiger partial charge in [-0.15, -0.1) is 0 Å². The monoisotopic (exact) mass is 295 g/mol. The summed E-state index contributed by atoms with van der Waals surface area (Å²) >= 11 is 6.17. The molecule has 3 rings (SSSR count). The highest BCUT2D eigenvalue weighted by atomic mass is 35.5. The topological polar surface area (TPSA) is 12.0 Å². The van der Waals surface area contributed by atoms with Crippen molar-refractivity contribution in [1.29, 1.82) is 0 Å². The largest absolute Gasteiger partial charge is 0.316 e. The standard InChI is InChI=1S/C17H23ClFN/c1-2-20-11-17(9-12-6-7-14(17)8-12)10-13-4-3-5-15(19)16(13)18/h3-5,12,14,20H,2,6-11H2,1H3. The number of hydrogen-bond acceptors (Lipinski definition) is 1. The summed E-state index contributed by atoms with van der Waals surface area (Å²) in [5.74, 6) is 1.38. The molecule has 0 saturated heterocycles. The van der Waals surface area contributed by atoms with E-state index in [9.17, 15) is 4.39 Å². The molecule has 3 atom stereocenters. The van der Waals surface area contributed by atoms with Crippen LogP contribution in [0.2, 0.25) is 5.02 Å². The molecule has 110 valence electrons. The van der Waals surface area contributed by atoms with E-state index in [4.69, 9.17) is 11.6 Å². The van der Waals surface area contributed by atoms with Crippen LogP contribution in [0.15, 0.2) is 18.2 Å². The Balaban J connectivity index is 1.85. The summed E-state index contributed by atoms with van der Waals surface area (Å²) in [7, 11) is 0. The van der Waals surface area contributed by atoms with Gasteiger partial charge in [0, 0.05) is 6.54 Å². The van der Waals surface area contributed by atoms with Crippen LogP contribution in [0.1, 0.15) is 38.2 Å². The fourth-order valence-corrected chi connectivity index (χ4v) is 4.68. The predicted octanol–water partition coefficient (Wildman–Crippen LogP) is 4.44. The first-order valence-electron chi connectivity index (χ1n) is 7.78. The fourth-order valence-electron chi connectivity index (χ4n) is 4.49. The summed E-state index contributed by atoms with van der Waals surface area (Å²) in [6.07, 6.45) is 6.27. The second-order valence-corrected chi connectivity index (χ2v) is 6.99. The van der Waals surface area contributed by atoms with Gasteiger partial charge in [0.05, 0.1) is 5.02 Å². The Morgan fingerprint density at radius 1 is 1.40 bits per heavy atom. The molecule has 2 saturated carbocycles. The third kappa shape index (κ3) is 2.48. The van der Waals surface area contributed by atoms with Crippen LogP contribution in [0.5, 0.6) is 0 Å². The van der Waals surface area contributed by atoms with Crippen molar-refractivity contribution in [2.45, 2.75) is 39.0 Å². The molecule has 1 aromatic carbocycles. The van der Waals surface area contributed by atoms with Gasteiger partial charge in [-0.1, -0.05) is 37.1 Å². The third-order valence-electron chi connectivity index (χ3n) is 5.40. The molecule has 1 aromatic rings. The summed E-state index contributed by atoms with van der Waals surface area (Å²) in [6.45, 7) is 4.18. The van der Waals surface area contributed by atoms with Gasteiger partial charge in [-0.3, -0.25) is 0 Å². The van der Waals surface area contributed by atoms with Gasteiger partial charge in [0.2, 0.25) is 0 Å². The molecule has 0 amide bonds. The zero-order valence-corrected chi connectivity index (χ0v) is 12.8. The minimum Gasteiger partial charge on any atom is -0.316 e. The van der Waals surface area contributed by atoms with Crippen LogP contribution < -0.4 is 5.32 Å². The second kappa shape index (κ2) is 5.65. The molecule has 0 radical (unpaired) electrons. The maximum Gasteiger partial charge on any atom is 0.142 e. The van der Waals surface area contributed by atoms with Crippen LogP contribution in [0, 0.1) is 23.1 Å². The molecule has 0 aromatic heterocycles. The molecule has 2 fully saturated rings. The van der Waals surface area contributed by atoms with Crippen molar-refractivity contribution in [2.24, 2.45) is 17.3 Å². The maximum atomic E-state index is 13.7. The summed E-state index contributed by atoms with van der Waals surface area (Å²) in [4.78, 5) is 0. The second-order valence-electron chi connectivity index (χ2n) is 6.61. The summed E-state index contributed by atoms with van der Waals surface area (Å²) in [5.41, 5.74) is 1.27. The average Bonchev–Trinajstić information content (AvgIpc) is 3.03. The smallest absolute Gasteiger partial charge is 0.142 e. The number of rotatable bonds is 5. The van der Waals surface area contributed by atoms with Crippen LogP contribution in [-0.2, 0) is 6.42 Å². The van der Waals surface area contributed by atoms with Crippen molar-refractivity contribution in [3.8, 4) is 0 Å². The Labute approximate surface area is 125 Å². The Morgan fingerprint density at radius 3 is 2.90 bits per heavy atom. The molecule has 2 bridgehead atoms. The molecule has 0 heterocycles. The first-order valence-corrected chi connectivity index (χ1v) is 8.16. The van der Waals surface area contributed by atoms with Gasteiger partial charge in [0.15, 0.2) is 0 Å². The lowest BCUT2D eigenvalue weighted by molar-refractivity contribution is 0.157. The normalized spacial score (nSPS) is 31.9. The molecule has 2 aliphatic carbocycles. The minimum atomic E-state index is -0.286. The SMILES string of the molecule is CCNCC1(Cc2cccc(F)c2Cl)CC2CCC1C2. The maximum absolute atomic E-state index is 13.7. The van der Waals surface area contributed by atoms with Gasteiger partial charge in [-0.2, -0.15) is 0 Å². The Kier molecular flexibility index (Phi) is 4.05. The van der Waals surface area contributed by atoms with E-state index in [1.54, 1.807) is 6.07 Å². The molecule has 3 heteroatoms. The highest BCUT2D eigenvalue weighted by Crippen LogP contribution is 2.57. The van der Waals surface area contributed by atoms with Gasteiger partial charge >= 0.3 is 0 Å². The predicted molar refractivity (Wildman–Crippen MR) is 81.5 cm³/mol. The van der Waals surface area contributed by atoms with Crippen LogP contribution in [0.25, 0.3) is 0 Å². The lowest BCUT2D eigenvalue weighted by Crippen LogP contribution is -2.40. The lowest BCUT2D eigenvalue weighted by Gasteiger charge is -2.38. The van der Waals surface area contributed by atoms with E-state index < -0.39 is 0 Å². The highest BCUT2D eigenvalue weighted by molar-refractivity contribution is 6.31. The van der Waals surface area contributed by atoms with Gasteiger partial charge in [-0.25, -0.2) is 4.39 Å². The van der Waals surface area contributed by atoms with Crippen molar-refractivity contribution < 1.29 is 4.39 Å². The first-order chi connectivity index (χ1) is 9.64. The van der Waals surface area contributed by atoms with Gasteiger partial charge in [0.25, 0.3) is 0 Å². The van der Waals surface area contributed by atoms with E-state index in [0.717, 1.165) is 36.9 Å². The number of hydrogen-bond donors (Lipinski definition) is 1. The molecule has 0 aliphatic heterocycles. The molecule has 0 spiro atoms. The summed E-state index contributed by atoms with van der Waals surface area (Å²) in [6, 6.07) is 5.22. The average molecular weight is 296 g/mol. The molecule has 1 N–H and O–H groups in total. The van der Waals surface area contributed by atoms with E-state index in [1.807, 2.05) is 6.07 Å². The zero-order valence-electron chi connectivity index (χ0n) is 12.1. The van der Waals surface area contributed by atoms with Crippen molar-refractivity contribution in [1.82, 2.24) is 5.32 Å². The summed E-state index contributed by atoms with van der Waals surface area (Å²) < 4.78 is 13.7. The van der Waals surface area contributed by atoms with Gasteiger partial charge < -0.3 is 5.32 Å². The first kappa shape index (κ1) is 14.3. The fraction of sp³-hybridized carbons (Fsp3) is 0.647. The quantitative estimate of drug-likeness (QED) is 0.847. The molecule has 1 nitrogen and oxygen atoms in total. The molecular formula is C17H23ClFN. The molecule has 3 unspecified atom stereocenters. The number of benzene rings is 1. The van der Waals surface area contributed by atoms with Crippen molar-refractivity contribution in [2.75, 3.05) is 13.1 Å². The van der Waals surface area contributed by atoms with Crippen LogP contribution in [0.3, 0.4) is 0 Å². The van der Waals surface area contributed by atoms with E-state index >= 15 is 0 Å². The summed E-state index contributed by atoms with van der Waals surface area (Å²) in [5, 5.41) is 3.86. The van der Waals surface area contributed by atoms with E-state index in [-0.39, 0.29) is 11.2 Å². The van der Waals surface area contributed by atoms with E-state index in [1.165, 1.54) is 31.7 Å². The van der Waals surface area contributed by atoms with Crippen LogP contribution in [0.4, 0.5) is 4.39 Å². The Morgan fingerprint density at radius 2 is 2.25 bits per heavy atom. The number of fused-ring (bicyclic) bond motifs is 2. The van der Waals surface area contributed by atoms with Gasteiger partial charge in [-0.05, 0) is 61.1 Å². The van der Waals surface area contributed by atoms with Crippen molar-refractivity contribution >= 4 is 11.6 Å². The van der Waals surface area contributed by atoms with Gasteiger partial charge in [0.1, 0.15) is 5.82 Å². The highest BCUT2D eigenvalue weighted by Gasteiger charge is 2.50. The number of nitrogens with one attached hydrogen (secondary N) is 1. The van der Waals surface area contributed by atoms with Crippen molar-refractivity contribution in [3.63, 3.8) is 0 Å². The Bertz CT molecular complexity index is 490. The molecule has 2 aliphatic rings. The zero-order chi connectivity index (χ0) is 14.2. The minimum absolute atomic E-state index is 0.286. The van der Waals surface area contributed by atoms with Crippen molar-refractivity contribution in [3.05, 3.63) is 34.6 Å². The third-order valence-corrected chi connectivity index (χ3v) is 5.83. The van der Waals surface area contributed by atoms with E-state index in [2.05, 4.69) is 12.2 Å².